The van der Waals surface area contributed by atoms with Gasteiger partial charge in [-0.2, -0.15) is 13.2 Å². The Balaban J connectivity index is 1.63. The van der Waals surface area contributed by atoms with Gasteiger partial charge in [-0.3, -0.25) is 9.32 Å². The van der Waals surface area contributed by atoms with Crippen LogP contribution in [-0.2, 0) is 11.0 Å². The van der Waals surface area contributed by atoms with Crippen LogP contribution in [0.5, 0.6) is 0 Å². The number of aromatic amines is 1. The first-order valence-corrected chi connectivity index (χ1v) is 9.60. The molecule has 0 aliphatic carbocycles. The first-order chi connectivity index (χ1) is 13.8. The number of benzene rings is 2. The van der Waals surface area contributed by atoms with Gasteiger partial charge in [0.15, 0.2) is 0 Å². The average molecular weight is 445 g/mol. The molecule has 0 aliphatic heterocycles. The fraction of sp³-hybridized carbons (Fsp3) is 0.167. The minimum Gasteiger partial charge on any atom is -0.325 e. The monoisotopic (exact) mass is 444 g/mol. The van der Waals surface area contributed by atoms with Crippen LogP contribution in [-0.4, -0.2) is 16.9 Å². The number of amides is 1. The summed E-state index contributed by atoms with van der Waals surface area (Å²) in [4.78, 5) is 24.0. The predicted molar refractivity (Wildman–Crippen MR) is 101 cm³/mol. The van der Waals surface area contributed by atoms with Crippen LogP contribution in [0.2, 0.25) is 5.02 Å². The van der Waals surface area contributed by atoms with Gasteiger partial charge in [0.1, 0.15) is 0 Å². The van der Waals surface area contributed by atoms with Crippen molar-refractivity contribution in [2.75, 3.05) is 11.1 Å². The maximum absolute atomic E-state index is 12.8. The molecule has 6 nitrogen and oxygen atoms in total. The van der Waals surface area contributed by atoms with E-state index < -0.39 is 23.3 Å². The van der Waals surface area contributed by atoms with Crippen LogP contribution in [0.15, 0.2) is 62.9 Å². The fourth-order valence-electron chi connectivity index (χ4n) is 2.38. The first-order valence-electron chi connectivity index (χ1n) is 8.24. The smallest absolute Gasteiger partial charge is 0.325 e. The van der Waals surface area contributed by atoms with Crippen LogP contribution >= 0.6 is 23.4 Å². The summed E-state index contributed by atoms with van der Waals surface area (Å²) in [6, 6.07) is 11.6. The molecule has 29 heavy (non-hydrogen) atoms. The van der Waals surface area contributed by atoms with E-state index in [-0.39, 0.29) is 27.9 Å². The van der Waals surface area contributed by atoms with Crippen LogP contribution in [0.4, 0.5) is 18.9 Å². The molecule has 0 atom stereocenters. The van der Waals surface area contributed by atoms with Gasteiger partial charge in [-0.1, -0.05) is 29.8 Å². The Bertz CT molecular complexity index is 1070. The minimum atomic E-state index is -4.55. The number of anilines is 1. The van der Waals surface area contributed by atoms with E-state index in [1.165, 1.54) is 4.68 Å². The number of nitrogens with zero attached hydrogens (tertiary/aromatic N) is 1. The van der Waals surface area contributed by atoms with E-state index in [4.69, 9.17) is 16.1 Å². The predicted octanol–water partition coefficient (Wildman–Crippen LogP) is 4.04. The standard InChI is InChI=1S/C18H13ClF3N3O3S/c19-13-7-6-11(18(20,21)22)10-14(13)23-15(26)8-9-29-16-17(27)28-24-25(16)12-4-2-1-3-5-12/h1-7,10H,8-9H2,(H-,23,24,26,27)/p+1. The molecule has 0 spiro atoms. The van der Waals surface area contributed by atoms with Gasteiger partial charge < -0.3 is 5.32 Å². The number of hydrogen-bond donors (Lipinski definition) is 2. The summed E-state index contributed by atoms with van der Waals surface area (Å²) in [5.74, 6) is -0.345. The van der Waals surface area contributed by atoms with Gasteiger partial charge in [0.25, 0.3) is 0 Å². The lowest BCUT2D eigenvalue weighted by Crippen LogP contribution is -2.36. The van der Waals surface area contributed by atoms with Gasteiger partial charge >= 0.3 is 16.8 Å². The lowest BCUT2D eigenvalue weighted by Gasteiger charge is -2.11. The summed E-state index contributed by atoms with van der Waals surface area (Å²) in [5.41, 5.74) is -0.973. The van der Waals surface area contributed by atoms with Crippen molar-refractivity contribution in [1.82, 2.24) is 5.27 Å². The van der Waals surface area contributed by atoms with Crippen molar-refractivity contribution in [2.45, 2.75) is 17.6 Å². The Morgan fingerprint density at radius 3 is 2.62 bits per heavy atom. The van der Waals surface area contributed by atoms with Gasteiger partial charge in [0, 0.05) is 24.3 Å². The van der Waals surface area contributed by atoms with E-state index >= 15 is 0 Å². The molecule has 3 rings (SSSR count). The van der Waals surface area contributed by atoms with Crippen LogP contribution in [0.3, 0.4) is 0 Å². The van der Waals surface area contributed by atoms with Gasteiger partial charge in [0.2, 0.25) is 11.6 Å². The van der Waals surface area contributed by atoms with Crippen molar-refractivity contribution >= 4 is 35.0 Å². The molecular formula is C18H14ClF3N3O3S+. The molecule has 11 heteroatoms. The largest absolute Gasteiger partial charge is 0.442 e. The number of carbonyl (C=O) groups excluding carboxylic acids is 1. The van der Waals surface area contributed by atoms with Gasteiger partial charge in [-0.05, 0) is 39.9 Å². The van der Waals surface area contributed by atoms with E-state index in [1.807, 2.05) is 6.07 Å². The highest BCUT2D eigenvalue weighted by Crippen LogP contribution is 2.33. The number of halogens is 4. The van der Waals surface area contributed by atoms with Gasteiger partial charge in [0.05, 0.1) is 16.3 Å². The van der Waals surface area contributed by atoms with Crippen molar-refractivity contribution < 1.29 is 27.2 Å². The zero-order valence-corrected chi connectivity index (χ0v) is 16.2. The van der Waals surface area contributed by atoms with Crippen LogP contribution in [0, 0.1) is 0 Å². The van der Waals surface area contributed by atoms with Gasteiger partial charge in [-0.25, -0.2) is 4.79 Å². The van der Waals surface area contributed by atoms with Crippen molar-refractivity contribution in [2.24, 2.45) is 0 Å². The maximum atomic E-state index is 12.8. The van der Waals surface area contributed by atoms with Crippen molar-refractivity contribution in [3.05, 3.63) is 69.5 Å². The quantitative estimate of drug-likeness (QED) is 0.444. The fourth-order valence-corrected chi connectivity index (χ4v) is 3.46. The number of rotatable bonds is 6. The normalized spacial score (nSPS) is 11.4. The Kier molecular flexibility index (Phi) is 6.33. The van der Waals surface area contributed by atoms with E-state index in [9.17, 15) is 22.8 Å². The number of hydrogen-bond acceptors (Lipinski definition) is 4. The minimum absolute atomic E-state index is 0.00722. The number of para-hydroxylation sites is 1. The van der Waals surface area contributed by atoms with Crippen LogP contribution in [0.1, 0.15) is 12.0 Å². The summed E-state index contributed by atoms with van der Waals surface area (Å²) in [5, 5.41) is 5.07. The van der Waals surface area contributed by atoms with Crippen LogP contribution < -0.4 is 15.6 Å². The summed E-state index contributed by atoms with van der Waals surface area (Å²) in [7, 11) is 0. The lowest BCUT2D eigenvalue weighted by atomic mass is 10.2. The molecule has 0 saturated carbocycles. The molecule has 1 heterocycles. The molecule has 3 aromatic rings. The number of alkyl halides is 3. The molecule has 0 saturated heterocycles. The third-order valence-electron chi connectivity index (χ3n) is 3.76. The second kappa shape index (κ2) is 8.75. The second-order valence-electron chi connectivity index (χ2n) is 5.80. The zero-order chi connectivity index (χ0) is 21.0. The topological polar surface area (TPSA) is 79.0 Å². The molecule has 1 aromatic heterocycles. The van der Waals surface area contributed by atoms with E-state index in [0.29, 0.717) is 5.69 Å². The highest BCUT2D eigenvalue weighted by atomic mass is 35.5. The summed E-state index contributed by atoms with van der Waals surface area (Å²) in [6.45, 7) is 0. The van der Waals surface area contributed by atoms with Crippen molar-refractivity contribution in [3.8, 4) is 5.69 Å². The highest BCUT2D eigenvalue weighted by Gasteiger charge is 2.31. The van der Waals surface area contributed by atoms with E-state index in [0.717, 1.165) is 30.0 Å². The molecule has 152 valence electrons. The molecule has 1 amide bonds. The Morgan fingerprint density at radius 2 is 1.93 bits per heavy atom. The number of H-pyrrole nitrogens is 1. The Morgan fingerprint density at radius 1 is 1.21 bits per heavy atom. The number of aromatic nitrogens is 2. The molecule has 2 N–H and O–H groups in total. The third kappa shape index (κ3) is 5.21. The molecule has 2 aromatic carbocycles. The van der Waals surface area contributed by atoms with Crippen molar-refractivity contribution in [1.29, 1.82) is 0 Å². The molecule has 0 radical (unpaired) electrons. The molecule has 0 bridgehead atoms. The summed E-state index contributed by atoms with van der Waals surface area (Å²) < 4.78 is 44.7. The number of carbonyl (C=O) groups is 1. The second-order valence-corrected chi connectivity index (χ2v) is 7.29. The SMILES string of the molecule is O=C(CCSc1c(=O)o[nH][n+]1-c1ccccc1)Nc1cc(C(F)(F)F)ccc1Cl. The highest BCUT2D eigenvalue weighted by molar-refractivity contribution is 7.99. The average Bonchev–Trinajstić information content (AvgIpc) is 3.04. The van der Waals surface area contributed by atoms with Gasteiger partial charge in [-0.15, -0.1) is 0 Å². The van der Waals surface area contributed by atoms with E-state index in [2.05, 4.69) is 10.6 Å². The Hall–Kier alpha value is -2.72. The van der Waals surface area contributed by atoms with Crippen molar-refractivity contribution in [3.63, 3.8) is 0 Å². The summed E-state index contributed by atoms with van der Waals surface area (Å²) >= 11 is 6.94. The lowest BCUT2D eigenvalue weighted by molar-refractivity contribution is -0.704. The molecule has 0 aliphatic rings. The first kappa shape index (κ1) is 21.0. The van der Waals surface area contributed by atoms with Crippen LogP contribution in [0.25, 0.3) is 5.69 Å². The maximum Gasteiger partial charge on any atom is 0.442 e. The van der Waals surface area contributed by atoms with E-state index in [1.54, 1.807) is 24.3 Å². The molecule has 0 fully saturated rings. The summed E-state index contributed by atoms with van der Waals surface area (Å²) in [6.07, 6.45) is -4.61. The Labute approximate surface area is 171 Å². The number of nitrogens with one attached hydrogen (secondary N) is 2. The zero-order valence-electron chi connectivity index (χ0n) is 14.6. The molecular weight excluding hydrogens is 431 g/mol. The third-order valence-corrected chi connectivity index (χ3v) is 5.12. The number of thioether (sulfide) groups is 1. The molecule has 0 unspecified atom stereocenters.